The molecule has 0 rings (SSSR count). The van der Waals surface area contributed by atoms with E-state index < -0.39 is 11.9 Å². The molecule has 0 bridgehead atoms. The van der Waals surface area contributed by atoms with Crippen molar-refractivity contribution in [1.29, 1.82) is 0 Å². The zero-order chi connectivity index (χ0) is 8.85. The van der Waals surface area contributed by atoms with E-state index in [2.05, 4.69) is 10.5 Å². The van der Waals surface area contributed by atoms with E-state index in [1.54, 1.807) is 6.92 Å². The van der Waals surface area contributed by atoms with Crippen LogP contribution in [0.4, 0.5) is 0 Å². The van der Waals surface area contributed by atoms with Gasteiger partial charge in [0, 0.05) is 0 Å². The summed E-state index contributed by atoms with van der Waals surface area (Å²) in [5.74, 6) is -0.464. The van der Waals surface area contributed by atoms with Crippen LogP contribution in [-0.2, 0) is 4.79 Å². The van der Waals surface area contributed by atoms with Crippen LogP contribution < -0.4 is 16.8 Å². The Balaban J connectivity index is 3.62. The number of primary amides is 1. The smallest absolute Gasteiger partial charge is 0.234 e. The van der Waals surface area contributed by atoms with Crippen molar-refractivity contribution in [2.75, 3.05) is 6.54 Å². The van der Waals surface area contributed by atoms with Crippen molar-refractivity contribution in [3.63, 3.8) is 0 Å². The molecule has 0 aromatic carbocycles. The number of amidine groups is 1. The number of hydrogen-bond donors (Lipinski definition) is 4. The average molecular weight is 160 g/mol. The highest BCUT2D eigenvalue weighted by Gasteiger charge is 2.06. The second-order valence-corrected chi connectivity index (χ2v) is 2.10. The molecule has 0 aliphatic heterocycles. The predicted molar refractivity (Wildman–Crippen MR) is 40.1 cm³/mol. The predicted octanol–water partition coefficient (Wildman–Crippen LogP) is -1.80. The molecule has 0 radical (unpaired) electrons. The van der Waals surface area contributed by atoms with Crippen LogP contribution in [0.15, 0.2) is 5.16 Å². The van der Waals surface area contributed by atoms with Gasteiger partial charge in [0.05, 0.1) is 12.6 Å². The Labute approximate surface area is 64.2 Å². The van der Waals surface area contributed by atoms with Crippen LogP contribution in [0.2, 0.25) is 0 Å². The number of rotatable bonds is 4. The zero-order valence-corrected chi connectivity index (χ0v) is 6.24. The first-order valence-corrected chi connectivity index (χ1v) is 3.07. The van der Waals surface area contributed by atoms with Crippen molar-refractivity contribution in [2.24, 2.45) is 16.6 Å². The van der Waals surface area contributed by atoms with Gasteiger partial charge in [0.15, 0.2) is 5.84 Å². The van der Waals surface area contributed by atoms with Crippen molar-refractivity contribution in [3.05, 3.63) is 0 Å². The highest BCUT2D eigenvalue weighted by atomic mass is 16.4. The van der Waals surface area contributed by atoms with Crippen molar-refractivity contribution >= 4 is 11.7 Å². The maximum atomic E-state index is 10.4. The van der Waals surface area contributed by atoms with Crippen molar-refractivity contribution in [1.82, 2.24) is 5.32 Å². The molecule has 0 spiro atoms. The summed E-state index contributed by atoms with van der Waals surface area (Å²) in [6.07, 6.45) is 0. The van der Waals surface area contributed by atoms with Gasteiger partial charge < -0.3 is 16.7 Å². The van der Waals surface area contributed by atoms with Crippen molar-refractivity contribution in [2.45, 2.75) is 13.0 Å². The lowest BCUT2D eigenvalue weighted by Crippen LogP contribution is -2.42. The molecule has 1 atom stereocenters. The molecular formula is C5H12N4O2. The molecule has 1 unspecified atom stereocenters. The van der Waals surface area contributed by atoms with Gasteiger partial charge in [-0.3, -0.25) is 10.1 Å². The Bertz CT molecular complexity index is 168. The Hall–Kier alpha value is -1.30. The van der Waals surface area contributed by atoms with E-state index >= 15 is 0 Å². The second kappa shape index (κ2) is 4.51. The van der Waals surface area contributed by atoms with E-state index in [1.807, 2.05) is 0 Å². The highest BCUT2D eigenvalue weighted by Crippen LogP contribution is 1.76. The summed E-state index contributed by atoms with van der Waals surface area (Å²) in [6, 6.07) is -0.477. The molecule has 0 saturated heterocycles. The van der Waals surface area contributed by atoms with Gasteiger partial charge >= 0.3 is 0 Å². The van der Waals surface area contributed by atoms with Gasteiger partial charge in [-0.15, -0.1) is 0 Å². The molecule has 0 aromatic heterocycles. The summed E-state index contributed by atoms with van der Waals surface area (Å²) >= 11 is 0. The van der Waals surface area contributed by atoms with Gasteiger partial charge in [-0.25, -0.2) is 0 Å². The second-order valence-electron chi connectivity index (χ2n) is 2.10. The zero-order valence-electron chi connectivity index (χ0n) is 6.24. The van der Waals surface area contributed by atoms with Gasteiger partial charge in [-0.2, -0.15) is 0 Å². The van der Waals surface area contributed by atoms with Crippen LogP contribution >= 0.6 is 0 Å². The van der Waals surface area contributed by atoms with Gasteiger partial charge in [0.1, 0.15) is 0 Å². The van der Waals surface area contributed by atoms with Crippen LogP contribution in [0.25, 0.3) is 0 Å². The van der Waals surface area contributed by atoms with Crippen LogP contribution in [0, 0.1) is 0 Å². The van der Waals surface area contributed by atoms with E-state index in [1.165, 1.54) is 0 Å². The Morgan fingerprint density at radius 2 is 2.27 bits per heavy atom. The molecular weight excluding hydrogens is 148 g/mol. The first-order valence-electron chi connectivity index (χ1n) is 3.07. The molecule has 64 valence electrons. The van der Waals surface area contributed by atoms with E-state index in [4.69, 9.17) is 16.7 Å². The molecule has 1 amide bonds. The summed E-state index contributed by atoms with van der Waals surface area (Å²) in [5.41, 5.74) is 10.0. The molecule has 0 aliphatic rings. The van der Waals surface area contributed by atoms with Crippen LogP contribution in [0.3, 0.4) is 0 Å². The van der Waals surface area contributed by atoms with Crippen LogP contribution in [-0.4, -0.2) is 29.5 Å². The fraction of sp³-hybridized carbons (Fsp3) is 0.600. The molecule has 0 heterocycles. The lowest BCUT2D eigenvalue weighted by Gasteiger charge is -2.07. The summed E-state index contributed by atoms with van der Waals surface area (Å²) in [4.78, 5) is 10.4. The molecule has 11 heavy (non-hydrogen) atoms. The number of oxime groups is 1. The van der Waals surface area contributed by atoms with E-state index in [0.717, 1.165) is 0 Å². The summed E-state index contributed by atoms with van der Waals surface area (Å²) in [5, 5.41) is 13.4. The fourth-order valence-corrected chi connectivity index (χ4v) is 0.394. The molecule has 0 saturated carbocycles. The third-order valence-electron chi connectivity index (χ3n) is 1.14. The Kier molecular flexibility index (Phi) is 3.97. The van der Waals surface area contributed by atoms with E-state index in [9.17, 15) is 4.79 Å². The number of amides is 1. The number of carbonyl (C=O) groups is 1. The average Bonchev–Trinajstić information content (AvgIpc) is 1.99. The highest BCUT2D eigenvalue weighted by molar-refractivity contribution is 5.83. The van der Waals surface area contributed by atoms with Gasteiger partial charge in [0.25, 0.3) is 0 Å². The number of nitrogens with one attached hydrogen (secondary N) is 1. The Morgan fingerprint density at radius 1 is 1.73 bits per heavy atom. The monoisotopic (exact) mass is 160 g/mol. The van der Waals surface area contributed by atoms with E-state index in [-0.39, 0.29) is 12.4 Å². The Morgan fingerprint density at radius 3 is 2.64 bits per heavy atom. The lowest BCUT2D eigenvalue weighted by atomic mass is 10.3. The lowest BCUT2D eigenvalue weighted by molar-refractivity contribution is -0.119. The minimum absolute atomic E-state index is 0.0121. The summed E-state index contributed by atoms with van der Waals surface area (Å²) in [6.45, 7) is 1.73. The largest absolute Gasteiger partial charge is 0.409 e. The van der Waals surface area contributed by atoms with Crippen molar-refractivity contribution in [3.8, 4) is 0 Å². The molecule has 0 aromatic rings. The molecule has 6 heteroatoms. The first-order chi connectivity index (χ1) is 5.07. The quantitative estimate of drug-likeness (QED) is 0.168. The topological polar surface area (TPSA) is 114 Å². The van der Waals surface area contributed by atoms with Crippen molar-refractivity contribution < 1.29 is 10.0 Å². The van der Waals surface area contributed by atoms with Crippen LogP contribution in [0.5, 0.6) is 0 Å². The first kappa shape index (κ1) is 9.70. The fourth-order valence-electron chi connectivity index (χ4n) is 0.394. The molecule has 6 N–H and O–H groups in total. The third kappa shape index (κ3) is 4.15. The van der Waals surface area contributed by atoms with Crippen LogP contribution in [0.1, 0.15) is 6.92 Å². The minimum atomic E-state index is -0.477. The summed E-state index contributed by atoms with van der Waals surface area (Å²) in [7, 11) is 0. The number of nitrogens with zero attached hydrogens (tertiary/aromatic N) is 1. The van der Waals surface area contributed by atoms with E-state index in [0.29, 0.717) is 0 Å². The molecule has 6 nitrogen and oxygen atoms in total. The minimum Gasteiger partial charge on any atom is -0.409 e. The maximum absolute atomic E-state index is 10.4. The number of carbonyl (C=O) groups excluding carboxylic acids is 1. The number of nitrogens with two attached hydrogens (primary N) is 2. The maximum Gasteiger partial charge on any atom is 0.234 e. The standard InChI is InChI=1S/C5H12N4O2/c1-3(5(7)10)8-2-4(6)9-11/h3,8,11H,2H2,1H3,(H2,6,9)(H2,7,10). The van der Waals surface area contributed by atoms with Gasteiger partial charge in [-0.05, 0) is 6.92 Å². The normalized spacial score (nSPS) is 14.5. The van der Waals surface area contributed by atoms with Gasteiger partial charge in [0.2, 0.25) is 5.91 Å². The molecule has 0 fully saturated rings. The summed E-state index contributed by atoms with van der Waals surface area (Å²) < 4.78 is 0. The number of hydrogen-bond acceptors (Lipinski definition) is 4. The molecule has 0 aliphatic carbocycles. The SMILES string of the molecule is CC(NCC(N)=NO)C(N)=O. The third-order valence-corrected chi connectivity index (χ3v) is 1.14. The van der Waals surface area contributed by atoms with Gasteiger partial charge in [-0.1, -0.05) is 5.16 Å².